The monoisotopic (exact) mass is 560 g/mol. The van der Waals surface area contributed by atoms with Crippen LogP contribution in [0.3, 0.4) is 0 Å². The zero-order valence-electron chi connectivity index (χ0n) is 22.4. The van der Waals surface area contributed by atoms with Crippen LogP contribution >= 0.6 is 11.3 Å². The maximum Gasteiger partial charge on any atom is 0.301 e. The van der Waals surface area contributed by atoms with E-state index in [0.717, 1.165) is 29.5 Å². The Morgan fingerprint density at radius 2 is 1.82 bits per heavy atom. The molecule has 1 amide bonds. The number of ether oxygens (including phenoxy) is 2. The Morgan fingerprint density at radius 1 is 1.05 bits per heavy atom. The number of aliphatic hydroxyl groups excluding tert-OH is 1. The predicted molar refractivity (Wildman–Crippen MR) is 154 cm³/mol. The lowest BCUT2D eigenvalue weighted by Gasteiger charge is -2.24. The number of ketones is 1. The summed E-state index contributed by atoms with van der Waals surface area (Å²) in [5, 5.41) is 11.6. The molecule has 1 atom stereocenters. The van der Waals surface area contributed by atoms with Crippen LogP contribution in [0.25, 0.3) is 16.0 Å². The van der Waals surface area contributed by atoms with Crippen molar-refractivity contribution in [1.82, 2.24) is 4.98 Å². The Balaban J connectivity index is 1.65. The van der Waals surface area contributed by atoms with E-state index in [1.807, 2.05) is 25.1 Å². The van der Waals surface area contributed by atoms with E-state index in [9.17, 15) is 19.1 Å². The molecule has 0 aliphatic carbocycles. The van der Waals surface area contributed by atoms with Gasteiger partial charge in [0.2, 0.25) is 0 Å². The lowest BCUT2D eigenvalue weighted by molar-refractivity contribution is -0.132. The van der Waals surface area contributed by atoms with E-state index in [-0.39, 0.29) is 11.1 Å². The molecule has 7 nitrogen and oxygen atoms in total. The second-order valence-electron chi connectivity index (χ2n) is 9.61. The number of aliphatic hydroxyl groups is 1. The average molecular weight is 561 g/mol. The van der Waals surface area contributed by atoms with E-state index < -0.39 is 29.3 Å². The van der Waals surface area contributed by atoms with Crippen LogP contribution in [0.1, 0.15) is 48.9 Å². The number of rotatable bonds is 9. The van der Waals surface area contributed by atoms with Gasteiger partial charge in [-0.2, -0.15) is 0 Å². The van der Waals surface area contributed by atoms with E-state index in [2.05, 4.69) is 11.9 Å². The van der Waals surface area contributed by atoms with Crippen LogP contribution in [0, 0.1) is 12.7 Å². The third kappa shape index (κ3) is 5.16. The molecule has 0 saturated carbocycles. The summed E-state index contributed by atoms with van der Waals surface area (Å²) in [6.45, 7) is 4.61. The van der Waals surface area contributed by atoms with Crippen LogP contribution < -0.4 is 14.4 Å². The summed E-state index contributed by atoms with van der Waals surface area (Å²) in [6.07, 6.45) is 3.01. The predicted octanol–water partition coefficient (Wildman–Crippen LogP) is 6.95. The number of halogens is 1. The van der Waals surface area contributed by atoms with Crippen molar-refractivity contribution >= 4 is 44.1 Å². The normalized spacial score (nSPS) is 16.6. The van der Waals surface area contributed by atoms with Crippen molar-refractivity contribution in [3.63, 3.8) is 0 Å². The molecule has 1 aliphatic rings. The minimum atomic E-state index is -1.00. The zero-order chi connectivity index (χ0) is 28.4. The van der Waals surface area contributed by atoms with Gasteiger partial charge in [-0.3, -0.25) is 14.5 Å². The summed E-state index contributed by atoms with van der Waals surface area (Å²) in [7, 11) is 1.52. The fraction of sp³-hybridized carbons (Fsp3) is 0.258. The number of nitrogens with zero attached hydrogens (tertiary/aromatic N) is 2. The third-order valence-electron chi connectivity index (χ3n) is 6.81. The van der Waals surface area contributed by atoms with Crippen LogP contribution in [0.2, 0.25) is 0 Å². The lowest BCUT2D eigenvalue weighted by atomic mass is 9.95. The van der Waals surface area contributed by atoms with Crippen LogP contribution in [0.5, 0.6) is 11.5 Å². The number of thiazole rings is 1. The molecule has 40 heavy (non-hydrogen) atoms. The highest BCUT2D eigenvalue weighted by molar-refractivity contribution is 7.22. The number of anilines is 1. The van der Waals surface area contributed by atoms with Gasteiger partial charge in [0.1, 0.15) is 11.6 Å². The molecule has 4 aromatic rings. The van der Waals surface area contributed by atoms with E-state index in [1.54, 1.807) is 18.2 Å². The molecule has 2 heterocycles. The van der Waals surface area contributed by atoms with E-state index in [0.29, 0.717) is 34.3 Å². The van der Waals surface area contributed by atoms with Crippen molar-refractivity contribution in [1.29, 1.82) is 0 Å². The number of fused-ring (bicyclic) bond motifs is 1. The zero-order valence-corrected chi connectivity index (χ0v) is 23.3. The van der Waals surface area contributed by atoms with Gasteiger partial charge in [-0.25, -0.2) is 9.37 Å². The SMILES string of the molecule is CCCCCOc1ccc(C2/C(=C(\O)c3ccc(F)cc3)C(=O)C(=O)N2c2nc3ccc(C)cc3s2)cc1OC. The number of aryl methyl sites for hydroxylation is 1. The molecular formula is C31H29FN2O5S. The first kappa shape index (κ1) is 27.3. The van der Waals surface area contributed by atoms with Crippen molar-refractivity contribution in [3.05, 3.63) is 88.7 Å². The molecule has 0 radical (unpaired) electrons. The van der Waals surface area contributed by atoms with E-state index in [1.165, 1.54) is 47.6 Å². The number of unbranched alkanes of at least 4 members (excludes halogenated alkanes) is 2. The standard InChI is InChI=1S/C31H29FN2O5S/c1-4-5-6-15-39-23-14-10-20(17-24(23)38-3)27-26(28(35)19-8-11-21(32)12-9-19)29(36)30(37)34(27)31-33-22-13-7-18(2)16-25(22)40-31/h7-14,16-17,27,35H,4-6,15H2,1-3H3/b28-26+. The van der Waals surface area contributed by atoms with Gasteiger partial charge in [0.15, 0.2) is 16.6 Å². The van der Waals surface area contributed by atoms with E-state index in [4.69, 9.17) is 9.47 Å². The van der Waals surface area contributed by atoms with Crippen LogP contribution in [-0.4, -0.2) is 35.5 Å². The minimum Gasteiger partial charge on any atom is -0.507 e. The molecule has 1 N–H and O–H groups in total. The van der Waals surface area contributed by atoms with Crippen LogP contribution in [-0.2, 0) is 9.59 Å². The molecule has 0 spiro atoms. The molecule has 206 valence electrons. The fourth-order valence-electron chi connectivity index (χ4n) is 4.74. The number of carbonyl (C=O) groups excluding carboxylic acids is 2. The van der Waals surface area contributed by atoms with Gasteiger partial charge in [-0.05, 0) is 73.0 Å². The summed E-state index contributed by atoms with van der Waals surface area (Å²) in [5.74, 6) is -1.60. The Bertz CT molecular complexity index is 1610. The largest absolute Gasteiger partial charge is 0.507 e. The van der Waals surface area contributed by atoms with Gasteiger partial charge < -0.3 is 14.6 Å². The Morgan fingerprint density at radius 3 is 2.55 bits per heavy atom. The van der Waals surface area contributed by atoms with Gasteiger partial charge in [0.05, 0.1) is 35.5 Å². The van der Waals surface area contributed by atoms with Gasteiger partial charge in [-0.1, -0.05) is 43.2 Å². The number of hydrogen-bond donors (Lipinski definition) is 1. The van der Waals surface area contributed by atoms with Crippen LogP contribution in [0.15, 0.2) is 66.2 Å². The molecule has 1 fully saturated rings. The number of carbonyl (C=O) groups is 2. The Labute approximate surface area is 235 Å². The molecule has 3 aromatic carbocycles. The van der Waals surface area contributed by atoms with Gasteiger partial charge in [-0.15, -0.1) is 0 Å². The Hall–Kier alpha value is -4.24. The number of aromatic nitrogens is 1. The second-order valence-corrected chi connectivity index (χ2v) is 10.6. The summed E-state index contributed by atoms with van der Waals surface area (Å²) >= 11 is 1.29. The van der Waals surface area contributed by atoms with Gasteiger partial charge >= 0.3 is 5.91 Å². The number of Topliss-reactive ketones (excluding diaryl/α,β-unsaturated/α-hetero) is 1. The number of methoxy groups -OCH3 is 1. The molecule has 1 saturated heterocycles. The summed E-state index contributed by atoms with van der Waals surface area (Å²) in [5.41, 5.74) is 2.35. The maximum atomic E-state index is 13.6. The second kappa shape index (κ2) is 11.5. The summed E-state index contributed by atoms with van der Waals surface area (Å²) in [6, 6.07) is 15.0. The van der Waals surface area contributed by atoms with Crippen molar-refractivity contribution < 1.29 is 28.6 Å². The smallest absolute Gasteiger partial charge is 0.301 e. The summed E-state index contributed by atoms with van der Waals surface area (Å²) < 4.78 is 26.0. The third-order valence-corrected chi connectivity index (χ3v) is 7.83. The molecule has 1 unspecified atom stereocenters. The van der Waals surface area contributed by atoms with E-state index >= 15 is 0 Å². The molecular weight excluding hydrogens is 531 g/mol. The molecule has 1 aromatic heterocycles. The summed E-state index contributed by atoms with van der Waals surface area (Å²) in [4.78, 5) is 33.0. The fourth-order valence-corrected chi connectivity index (χ4v) is 5.83. The van der Waals surface area contributed by atoms with Crippen molar-refractivity contribution in [2.75, 3.05) is 18.6 Å². The molecule has 1 aliphatic heterocycles. The first-order valence-electron chi connectivity index (χ1n) is 13.1. The number of amides is 1. The minimum absolute atomic E-state index is 0.120. The average Bonchev–Trinajstić information content (AvgIpc) is 3.48. The van der Waals surface area contributed by atoms with Crippen LogP contribution in [0.4, 0.5) is 9.52 Å². The lowest BCUT2D eigenvalue weighted by Crippen LogP contribution is -2.29. The number of benzene rings is 3. The van der Waals surface area contributed by atoms with Crippen molar-refractivity contribution in [2.45, 2.75) is 39.2 Å². The highest BCUT2D eigenvalue weighted by Gasteiger charge is 2.48. The topological polar surface area (TPSA) is 89.0 Å². The first-order chi connectivity index (χ1) is 19.3. The maximum absolute atomic E-state index is 13.6. The molecule has 9 heteroatoms. The van der Waals surface area contributed by atoms with Gasteiger partial charge in [0, 0.05) is 5.56 Å². The highest BCUT2D eigenvalue weighted by atomic mass is 32.1. The van der Waals surface area contributed by atoms with Crippen molar-refractivity contribution in [2.24, 2.45) is 0 Å². The Kier molecular flexibility index (Phi) is 7.84. The molecule has 0 bridgehead atoms. The first-order valence-corrected chi connectivity index (χ1v) is 13.9. The number of hydrogen-bond acceptors (Lipinski definition) is 7. The molecule has 5 rings (SSSR count). The van der Waals surface area contributed by atoms with Gasteiger partial charge in [0.25, 0.3) is 5.78 Å². The highest BCUT2D eigenvalue weighted by Crippen LogP contribution is 2.46. The quantitative estimate of drug-likeness (QED) is 0.103. The van der Waals surface area contributed by atoms with Crippen molar-refractivity contribution in [3.8, 4) is 11.5 Å².